The Morgan fingerprint density at radius 3 is 2.19 bits per heavy atom. The molecule has 0 aromatic heterocycles. The number of hydrogen-bond donors (Lipinski definition) is 4. The predicted molar refractivity (Wildman–Crippen MR) is 128 cm³/mol. The second kappa shape index (κ2) is 13.2. The van der Waals surface area contributed by atoms with E-state index in [0.717, 1.165) is 0 Å². The van der Waals surface area contributed by atoms with Crippen molar-refractivity contribution in [3.63, 3.8) is 0 Å². The topological polar surface area (TPSA) is 177 Å². The smallest absolute Gasteiger partial charge is 0.314 e. The van der Waals surface area contributed by atoms with E-state index in [-0.39, 0.29) is 13.0 Å². The van der Waals surface area contributed by atoms with Crippen molar-refractivity contribution in [3.8, 4) is 0 Å². The fourth-order valence-electron chi connectivity index (χ4n) is 2.48. The number of aliphatic hydroxyl groups excluding tert-OH is 1. The van der Waals surface area contributed by atoms with Gasteiger partial charge in [0.2, 0.25) is 0 Å². The van der Waals surface area contributed by atoms with Crippen molar-refractivity contribution >= 4 is 94.0 Å². The van der Waals surface area contributed by atoms with Gasteiger partial charge in [-0.25, -0.2) is 0 Å². The molecule has 7 atom stereocenters. The molecule has 1 saturated heterocycles. The first kappa shape index (κ1) is 29.2. The number of ether oxygens (including phenoxy) is 3. The first-order valence-electron chi connectivity index (χ1n) is 8.53. The lowest BCUT2D eigenvalue weighted by molar-refractivity contribution is -0.225. The van der Waals surface area contributed by atoms with Crippen LogP contribution in [0.4, 0.5) is 0 Å². The van der Waals surface area contributed by atoms with Gasteiger partial charge in [0.15, 0.2) is 11.9 Å². The van der Waals surface area contributed by atoms with Crippen LogP contribution in [0.1, 0.15) is 19.3 Å². The van der Waals surface area contributed by atoms with Gasteiger partial charge in [0.25, 0.3) is 0 Å². The molecule has 11 nitrogen and oxygen atoms in total. The number of aliphatic carboxylic acids is 2. The quantitative estimate of drug-likeness (QED) is 0.0962. The summed E-state index contributed by atoms with van der Waals surface area (Å²) in [7, 11) is 11.2. The number of carboxylic acid groups (broad SMARTS) is 2. The van der Waals surface area contributed by atoms with Crippen LogP contribution in [0, 0.1) is 0 Å². The molecule has 7 unspecified atom stereocenters. The molecule has 0 aromatic carbocycles. The lowest BCUT2D eigenvalue weighted by Crippen LogP contribution is -2.45. The second-order valence-electron chi connectivity index (χ2n) is 6.41. The lowest BCUT2D eigenvalue weighted by atomic mass is 10.1. The third-order valence-corrected chi connectivity index (χ3v) is 10.2. The molecule has 170 valence electrons. The molecule has 0 bridgehead atoms. The zero-order valence-electron chi connectivity index (χ0n) is 15.8. The van der Waals surface area contributed by atoms with Gasteiger partial charge in [-0.2, -0.15) is 0 Å². The van der Waals surface area contributed by atoms with E-state index in [4.69, 9.17) is 39.6 Å². The van der Waals surface area contributed by atoms with Crippen molar-refractivity contribution in [3.05, 3.63) is 0 Å². The fraction of sp³-hybridized carbons (Fsp3) is 0.714. The molecule has 17 heteroatoms. The Kier molecular flexibility index (Phi) is 12.4. The normalized spacial score (nSPS) is 27.0. The number of carbonyl (C=O) groups excluding carboxylic acids is 2. The Bertz CT molecular complexity index is 687. The van der Waals surface area contributed by atoms with Crippen LogP contribution in [0.25, 0.3) is 0 Å². The van der Waals surface area contributed by atoms with Crippen molar-refractivity contribution in [1.82, 2.24) is 0 Å². The summed E-state index contributed by atoms with van der Waals surface area (Å²) in [6.45, 7) is -0.791. The van der Waals surface area contributed by atoms with Gasteiger partial charge in [-0.3, -0.25) is 19.2 Å². The summed E-state index contributed by atoms with van der Waals surface area (Å²) in [6.07, 6.45) is -4.37. The van der Waals surface area contributed by atoms with Crippen LogP contribution in [-0.4, -0.2) is 102 Å². The first-order valence-corrected chi connectivity index (χ1v) is 17.1. The summed E-state index contributed by atoms with van der Waals surface area (Å²) in [5.74, 6) is -6.46. The van der Waals surface area contributed by atoms with Gasteiger partial charge in [0.05, 0.1) is 37.4 Å². The minimum atomic E-state index is -2.19. The zero-order chi connectivity index (χ0) is 23.9. The van der Waals surface area contributed by atoms with Gasteiger partial charge < -0.3 is 34.6 Å². The zero-order valence-corrected chi connectivity index (χ0v) is 21.9. The van der Waals surface area contributed by atoms with Crippen LogP contribution in [0.15, 0.2) is 0 Å². The van der Waals surface area contributed by atoms with E-state index in [1.54, 1.807) is 44.1 Å². The summed E-state index contributed by atoms with van der Waals surface area (Å²) >= 11 is 3.47. The highest BCUT2D eigenvalue weighted by atomic mass is 127. The molecule has 1 heterocycles. The monoisotopic (exact) mass is 700 g/mol. The van der Waals surface area contributed by atoms with E-state index < -0.39 is 83.5 Å². The summed E-state index contributed by atoms with van der Waals surface area (Å²) in [5.41, 5.74) is -5.15. The molecule has 1 aliphatic rings. The highest BCUT2D eigenvalue weighted by Crippen LogP contribution is 2.47. The molecular weight excluding hydrogens is 682 g/mol. The van der Waals surface area contributed by atoms with Gasteiger partial charge in [0.1, 0.15) is 21.2 Å². The number of carboxylic acids is 2. The largest absolute Gasteiger partial charge is 0.481 e. The Balaban J connectivity index is 2.59. The van der Waals surface area contributed by atoms with Crippen LogP contribution >= 0.6 is 55.0 Å². The minimum absolute atomic E-state index is 0.381. The molecule has 0 aliphatic carbocycles. The highest BCUT2D eigenvalue weighted by Gasteiger charge is 2.50. The van der Waals surface area contributed by atoms with Gasteiger partial charge in [0, 0.05) is 6.42 Å². The summed E-state index contributed by atoms with van der Waals surface area (Å²) < 4.78 is 15.1. The first-order chi connectivity index (χ1) is 14.3. The molecule has 0 saturated carbocycles. The third-order valence-electron chi connectivity index (χ3n) is 4.18. The lowest BCUT2D eigenvalue weighted by Gasteiger charge is -2.27. The number of hydrogen-bond acceptors (Lipinski definition) is 9. The van der Waals surface area contributed by atoms with E-state index in [0.29, 0.717) is 0 Å². The number of aliphatic hydroxyl groups is 2. The number of carbonyl (C=O) groups is 4. The van der Waals surface area contributed by atoms with Crippen LogP contribution < -0.4 is 0 Å². The molecule has 1 fully saturated rings. The molecular formula is C14H18B2I2O11P2. The third kappa shape index (κ3) is 9.17. The van der Waals surface area contributed by atoms with Crippen LogP contribution in [0.2, 0.25) is 0 Å². The maximum Gasteiger partial charge on any atom is 0.314 e. The molecule has 0 aromatic rings. The van der Waals surface area contributed by atoms with Gasteiger partial charge in [-0.05, 0) is 0 Å². The number of esters is 2. The summed E-state index contributed by atoms with van der Waals surface area (Å²) in [5, 5.41) is 38.6. The van der Waals surface area contributed by atoms with Crippen molar-refractivity contribution < 1.29 is 53.8 Å². The maximum absolute atomic E-state index is 12.2. The number of halogens is 2. The Morgan fingerprint density at radius 1 is 1.13 bits per heavy atom. The molecule has 31 heavy (non-hydrogen) atoms. The van der Waals surface area contributed by atoms with Gasteiger partial charge in [-0.1, -0.05) is 55.0 Å². The van der Waals surface area contributed by atoms with E-state index in [2.05, 4.69) is 0 Å². The maximum atomic E-state index is 12.2. The van der Waals surface area contributed by atoms with Gasteiger partial charge >= 0.3 is 23.9 Å². The van der Waals surface area contributed by atoms with Crippen molar-refractivity contribution in [2.75, 3.05) is 13.2 Å². The van der Waals surface area contributed by atoms with Crippen molar-refractivity contribution in [1.29, 1.82) is 0 Å². The summed E-state index contributed by atoms with van der Waals surface area (Å²) in [6, 6.07) is 0. The predicted octanol–water partition coefficient (Wildman–Crippen LogP) is 0.429. The minimum Gasteiger partial charge on any atom is -0.481 e. The molecule has 0 amide bonds. The molecule has 1 rings (SSSR count). The van der Waals surface area contributed by atoms with Crippen molar-refractivity contribution in [2.24, 2.45) is 0 Å². The van der Waals surface area contributed by atoms with E-state index in [1.165, 1.54) is 0 Å². The van der Waals surface area contributed by atoms with Crippen LogP contribution in [0.5, 0.6) is 0 Å². The Hall–Kier alpha value is 0.210. The molecule has 0 spiro atoms. The highest BCUT2D eigenvalue weighted by molar-refractivity contribution is 14.2. The van der Waals surface area contributed by atoms with Gasteiger partial charge in [-0.15, -0.1) is 0 Å². The fourth-order valence-corrected chi connectivity index (χ4v) is 6.19. The second-order valence-corrected chi connectivity index (χ2v) is 15.7. The van der Waals surface area contributed by atoms with E-state index >= 15 is 0 Å². The molecule has 1 aliphatic heterocycles. The van der Waals surface area contributed by atoms with Crippen LogP contribution in [-0.2, 0) is 33.4 Å². The standard InChI is InChI=1S/C14H18B2I2O11P2/c15-30(17)7(12(23)24)4-10(21)27-2-1-14(26)11(22)6(5-28-14)29-13(25)8(31(16)18)3-9(19)20/h6-8,11,22,26H,1-5H2,(H,19,20)(H,23,24). The molecule has 4 N–H and O–H groups in total. The SMILES string of the molecule is [B]P(I)C(CC(=O)OCCC1(O)OCC(OC(=O)C(CC(=O)O)P([B])I)C1O)C(=O)O. The molecule has 4 radical (unpaired) electrons. The average molecular weight is 700 g/mol. The van der Waals surface area contributed by atoms with E-state index in [1.807, 2.05) is 0 Å². The Labute approximate surface area is 208 Å². The Morgan fingerprint density at radius 2 is 1.71 bits per heavy atom. The summed E-state index contributed by atoms with van der Waals surface area (Å²) in [4.78, 5) is 46.0. The van der Waals surface area contributed by atoms with Crippen molar-refractivity contribution in [2.45, 2.75) is 48.6 Å². The van der Waals surface area contributed by atoms with Crippen LogP contribution in [0.3, 0.4) is 0 Å². The number of rotatable bonds is 12. The van der Waals surface area contributed by atoms with E-state index in [9.17, 15) is 29.4 Å². The average Bonchev–Trinajstić information content (AvgIpc) is 2.91.